The maximum absolute atomic E-state index is 4.14. The summed E-state index contributed by atoms with van der Waals surface area (Å²) in [5.74, 6) is 0. The molecule has 0 N–H and O–H groups in total. The van der Waals surface area contributed by atoms with Crippen LogP contribution in [0, 0.1) is 0 Å². The molecule has 74 valence electrons. The summed E-state index contributed by atoms with van der Waals surface area (Å²) in [6.45, 7) is 2.04. The fourth-order valence-corrected chi connectivity index (χ4v) is 1.29. The smallest absolute Gasteiger partial charge is 0.115 e. The lowest BCUT2D eigenvalue weighted by atomic mass is 10.1. The van der Waals surface area contributed by atoms with Crippen LogP contribution in [0.1, 0.15) is 18.2 Å². The molecule has 0 radical (unpaired) electrons. The van der Waals surface area contributed by atoms with Crippen LogP contribution in [0.25, 0.3) is 11.6 Å². The maximum Gasteiger partial charge on any atom is 0.115 e. The van der Waals surface area contributed by atoms with Gasteiger partial charge in [-0.1, -0.05) is 6.07 Å². The van der Waals surface area contributed by atoms with Crippen LogP contribution < -0.4 is 0 Å². The van der Waals surface area contributed by atoms with E-state index in [0.29, 0.717) is 0 Å². The first-order chi connectivity index (χ1) is 7.36. The molecule has 0 saturated carbocycles. The number of nitrogens with zero attached hydrogens (tertiary/aromatic N) is 3. The molecule has 0 unspecified atom stereocenters. The van der Waals surface area contributed by atoms with Crippen molar-refractivity contribution in [2.75, 3.05) is 0 Å². The van der Waals surface area contributed by atoms with E-state index in [1.807, 2.05) is 37.4 Å². The Labute approximate surface area is 88.6 Å². The normalized spacial score (nSPS) is 11.4. The van der Waals surface area contributed by atoms with E-state index in [4.69, 9.17) is 0 Å². The summed E-state index contributed by atoms with van der Waals surface area (Å²) in [5.41, 5.74) is 3.16. The van der Waals surface area contributed by atoms with E-state index in [9.17, 15) is 0 Å². The summed E-state index contributed by atoms with van der Waals surface area (Å²) in [5, 5.41) is 0. The Kier molecular flexibility index (Phi) is 2.83. The average Bonchev–Trinajstić information content (AvgIpc) is 2.31. The van der Waals surface area contributed by atoms with Crippen molar-refractivity contribution in [2.24, 2.45) is 0 Å². The summed E-state index contributed by atoms with van der Waals surface area (Å²) in [6, 6.07) is 5.83. The van der Waals surface area contributed by atoms with Gasteiger partial charge in [0.25, 0.3) is 0 Å². The van der Waals surface area contributed by atoms with Crippen molar-refractivity contribution in [1.29, 1.82) is 0 Å². The van der Waals surface area contributed by atoms with Gasteiger partial charge in [-0.2, -0.15) is 0 Å². The van der Waals surface area contributed by atoms with Crippen molar-refractivity contribution >= 4 is 11.6 Å². The molecule has 0 atom stereocenters. The maximum atomic E-state index is 4.14. The summed E-state index contributed by atoms with van der Waals surface area (Å²) in [6.07, 6.45) is 8.89. The lowest BCUT2D eigenvalue weighted by molar-refractivity contribution is 1.15. The predicted molar refractivity (Wildman–Crippen MR) is 59.8 cm³/mol. The second kappa shape index (κ2) is 4.46. The highest BCUT2D eigenvalue weighted by atomic mass is 14.8. The van der Waals surface area contributed by atoms with E-state index in [2.05, 4.69) is 15.0 Å². The number of aromatic nitrogens is 3. The van der Waals surface area contributed by atoms with Crippen LogP contribution in [0.5, 0.6) is 0 Å². The molecule has 2 aromatic heterocycles. The number of pyridine rings is 1. The summed E-state index contributed by atoms with van der Waals surface area (Å²) < 4.78 is 0. The predicted octanol–water partition coefficient (Wildman–Crippen LogP) is 2.43. The van der Waals surface area contributed by atoms with Crippen molar-refractivity contribution in [3.63, 3.8) is 0 Å². The molecule has 2 heterocycles. The Bertz CT molecular complexity index is 449. The van der Waals surface area contributed by atoms with Gasteiger partial charge in [0.15, 0.2) is 0 Å². The molecule has 0 aromatic carbocycles. The molecule has 15 heavy (non-hydrogen) atoms. The molecule has 2 aromatic rings. The molecule has 0 saturated heterocycles. The number of allylic oxidation sites excluding steroid dienone is 1. The summed E-state index contributed by atoms with van der Waals surface area (Å²) in [7, 11) is 0. The van der Waals surface area contributed by atoms with Gasteiger partial charge in [0, 0.05) is 18.6 Å². The van der Waals surface area contributed by atoms with Gasteiger partial charge in [-0.05, 0) is 36.3 Å². The Morgan fingerprint density at radius 3 is 2.80 bits per heavy atom. The minimum absolute atomic E-state index is 0.909. The number of hydrogen-bond acceptors (Lipinski definition) is 3. The van der Waals surface area contributed by atoms with Gasteiger partial charge in [-0.3, -0.25) is 4.98 Å². The molecule has 0 aliphatic heterocycles. The third-order valence-corrected chi connectivity index (χ3v) is 2.09. The van der Waals surface area contributed by atoms with Crippen molar-refractivity contribution in [3.05, 3.63) is 54.4 Å². The highest BCUT2D eigenvalue weighted by molar-refractivity contribution is 5.78. The second-order valence-electron chi connectivity index (χ2n) is 3.20. The van der Waals surface area contributed by atoms with Crippen LogP contribution in [0.3, 0.4) is 0 Å². The van der Waals surface area contributed by atoms with Crippen LogP contribution in [-0.4, -0.2) is 15.0 Å². The third kappa shape index (κ3) is 2.47. The third-order valence-electron chi connectivity index (χ3n) is 2.09. The SMILES string of the molecule is C/C(=C\c1ccncn1)c1cccnc1. The van der Waals surface area contributed by atoms with Crippen LogP contribution >= 0.6 is 0 Å². The molecule has 0 bridgehead atoms. The van der Waals surface area contributed by atoms with Gasteiger partial charge >= 0.3 is 0 Å². The Balaban J connectivity index is 2.29. The zero-order chi connectivity index (χ0) is 10.5. The van der Waals surface area contributed by atoms with Gasteiger partial charge in [0.2, 0.25) is 0 Å². The van der Waals surface area contributed by atoms with E-state index in [1.165, 1.54) is 0 Å². The topological polar surface area (TPSA) is 38.7 Å². The molecule has 0 amide bonds. The number of rotatable bonds is 2. The van der Waals surface area contributed by atoms with Crippen molar-refractivity contribution in [3.8, 4) is 0 Å². The van der Waals surface area contributed by atoms with E-state index in [1.54, 1.807) is 18.7 Å². The van der Waals surface area contributed by atoms with E-state index >= 15 is 0 Å². The van der Waals surface area contributed by atoms with Gasteiger partial charge < -0.3 is 0 Å². The molecule has 2 rings (SSSR count). The monoisotopic (exact) mass is 197 g/mol. The molecule has 0 fully saturated rings. The zero-order valence-electron chi connectivity index (χ0n) is 8.46. The van der Waals surface area contributed by atoms with Gasteiger partial charge in [0.1, 0.15) is 6.33 Å². The highest BCUT2D eigenvalue weighted by Crippen LogP contribution is 2.14. The lowest BCUT2D eigenvalue weighted by Crippen LogP contribution is -1.84. The van der Waals surface area contributed by atoms with Crippen LogP contribution in [0.2, 0.25) is 0 Å². The lowest BCUT2D eigenvalue weighted by Gasteiger charge is -1.99. The highest BCUT2D eigenvalue weighted by Gasteiger charge is 1.95. The van der Waals surface area contributed by atoms with Crippen LogP contribution in [0.15, 0.2) is 43.1 Å². The fraction of sp³-hybridized carbons (Fsp3) is 0.0833. The molecule has 0 aliphatic carbocycles. The molecule has 0 spiro atoms. The van der Waals surface area contributed by atoms with Crippen molar-refractivity contribution in [1.82, 2.24) is 15.0 Å². The van der Waals surface area contributed by atoms with Crippen molar-refractivity contribution in [2.45, 2.75) is 6.92 Å². The van der Waals surface area contributed by atoms with Gasteiger partial charge in [0.05, 0.1) is 5.69 Å². The minimum Gasteiger partial charge on any atom is -0.264 e. The second-order valence-corrected chi connectivity index (χ2v) is 3.20. The summed E-state index contributed by atoms with van der Waals surface area (Å²) >= 11 is 0. The Hall–Kier alpha value is -2.03. The van der Waals surface area contributed by atoms with Crippen LogP contribution in [0.4, 0.5) is 0 Å². The van der Waals surface area contributed by atoms with Crippen LogP contribution in [-0.2, 0) is 0 Å². The van der Waals surface area contributed by atoms with E-state index in [0.717, 1.165) is 16.8 Å². The van der Waals surface area contributed by atoms with Gasteiger partial charge in [-0.15, -0.1) is 0 Å². The van der Waals surface area contributed by atoms with E-state index < -0.39 is 0 Å². The molecular formula is C12H11N3. The molecule has 3 nitrogen and oxygen atoms in total. The Morgan fingerprint density at radius 2 is 2.13 bits per heavy atom. The largest absolute Gasteiger partial charge is 0.264 e. The molecular weight excluding hydrogens is 186 g/mol. The van der Waals surface area contributed by atoms with E-state index in [-0.39, 0.29) is 0 Å². The average molecular weight is 197 g/mol. The van der Waals surface area contributed by atoms with Gasteiger partial charge in [-0.25, -0.2) is 9.97 Å². The van der Waals surface area contributed by atoms with Crippen molar-refractivity contribution < 1.29 is 0 Å². The Morgan fingerprint density at radius 1 is 1.20 bits per heavy atom. The minimum atomic E-state index is 0.909. The molecule has 3 heteroatoms. The fourth-order valence-electron chi connectivity index (χ4n) is 1.29. The first-order valence-corrected chi connectivity index (χ1v) is 4.71. The first kappa shape index (κ1) is 9.52. The zero-order valence-corrected chi connectivity index (χ0v) is 8.46. The number of hydrogen-bond donors (Lipinski definition) is 0. The molecule has 0 aliphatic rings. The summed E-state index contributed by atoms with van der Waals surface area (Å²) in [4.78, 5) is 12.1. The quantitative estimate of drug-likeness (QED) is 0.742. The first-order valence-electron chi connectivity index (χ1n) is 4.71. The standard InChI is InChI=1S/C12H11N3/c1-10(11-3-2-5-13-8-11)7-12-4-6-14-9-15-12/h2-9H,1H3/b10-7+.